The Labute approximate surface area is 127 Å². The molecule has 4 bridgehead atoms. The van der Waals surface area contributed by atoms with Gasteiger partial charge in [-0.05, 0) is 80.8 Å². The van der Waals surface area contributed by atoms with Crippen LogP contribution in [0, 0.1) is 23.2 Å². The molecule has 4 saturated carbocycles. The van der Waals surface area contributed by atoms with Crippen LogP contribution in [0.25, 0.3) is 0 Å². The third-order valence-corrected chi connectivity index (χ3v) is 6.33. The van der Waals surface area contributed by atoms with Crippen molar-refractivity contribution in [2.75, 3.05) is 0 Å². The number of carbonyl (C=O) groups excluding carboxylic acids is 1. The molecule has 2 nitrogen and oxygen atoms in total. The standard InChI is InChI=1S/C19H25NO/c1-13(17-4-2-3-5-20-17)18(21)12-19-9-14-6-15(10-19)8-16(7-14)11-19/h2-5,13-16H,6-12H2,1H3. The highest BCUT2D eigenvalue weighted by molar-refractivity contribution is 5.85. The summed E-state index contributed by atoms with van der Waals surface area (Å²) >= 11 is 0. The first-order chi connectivity index (χ1) is 10.1. The van der Waals surface area contributed by atoms with Gasteiger partial charge in [-0.1, -0.05) is 6.07 Å². The van der Waals surface area contributed by atoms with Gasteiger partial charge >= 0.3 is 0 Å². The molecule has 4 fully saturated rings. The highest BCUT2D eigenvalue weighted by Gasteiger charge is 2.51. The van der Waals surface area contributed by atoms with Crippen LogP contribution in [0.3, 0.4) is 0 Å². The van der Waals surface area contributed by atoms with Gasteiger partial charge in [-0.25, -0.2) is 0 Å². The van der Waals surface area contributed by atoms with Crippen LogP contribution in [0.1, 0.15) is 63.5 Å². The summed E-state index contributed by atoms with van der Waals surface area (Å²) in [6, 6.07) is 5.89. The van der Waals surface area contributed by atoms with E-state index in [0.717, 1.165) is 29.9 Å². The van der Waals surface area contributed by atoms with E-state index in [9.17, 15) is 4.79 Å². The summed E-state index contributed by atoms with van der Waals surface area (Å²) in [5.41, 5.74) is 1.29. The minimum Gasteiger partial charge on any atom is -0.299 e. The van der Waals surface area contributed by atoms with Crippen LogP contribution >= 0.6 is 0 Å². The Balaban J connectivity index is 1.49. The monoisotopic (exact) mass is 283 g/mol. The third-order valence-electron chi connectivity index (χ3n) is 6.33. The minimum atomic E-state index is -0.0424. The first kappa shape index (κ1) is 13.5. The van der Waals surface area contributed by atoms with Crippen molar-refractivity contribution in [2.45, 2.75) is 57.8 Å². The Hall–Kier alpha value is -1.18. The van der Waals surface area contributed by atoms with Gasteiger partial charge in [0.15, 0.2) is 0 Å². The Bertz CT molecular complexity index is 500. The lowest BCUT2D eigenvalue weighted by atomic mass is 9.48. The van der Waals surface area contributed by atoms with Crippen molar-refractivity contribution in [3.05, 3.63) is 30.1 Å². The summed E-state index contributed by atoms with van der Waals surface area (Å²) < 4.78 is 0. The molecule has 0 aliphatic heterocycles. The quantitative estimate of drug-likeness (QED) is 0.821. The van der Waals surface area contributed by atoms with Crippen molar-refractivity contribution in [1.82, 2.24) is 4.98 Å². The molecule has 112 valence electrons. The highest BCUT2D eigenvalue weighted by atomic mass is 16.1. The van der Waals surface area contributed by atoms with Crippen molar-refractivity contribution >= 4 is 5.78 Å². The Morgan fingerprint density at radius 2 is 1.81 bits per heavy atom. The van der Waals surface area contributed by atoms with Crippen molar-refractivity contribution in [2.24, 2.45) is 23.2 Å². The molecule has 1 aromatic heterocycles. The smallest absolute Gasteiger partial charge is 0.142 e. The average molecular weight is 283 g/mol. The van der Waals surface area contributed by atoms with Gasteiger partial charge in [0.25, 0.3) is 0 Å². The fraction of sp³-hybridized carbons (Fsp3) is 0.684. The molecule has 5 rings (SSSR count). The van der Waals surface area contributed by atoms with Crippen molar-refractivity contribution in [1.29, 1.82) is 0 Å². The SMILES string of the molecule is CC(C(=O)CC12CC3CC(CC(C3)C1)C2)c1ccccn1. The highest BCUT2D eigenvalue weighted by Crippen LogP contribution is 2.61. The topological polar surface area (TPSA) is 30.0 Å². The van der Waals surface area contributed by atoms with Crippen LogP contribution in [0.4, 0.5) is 0 Å². The van der Waals surface area contributed by atoms with Gasteiger partial charge in [-0.3, -0.25) is 9.78 Å². The number of nitrogens with zero attached hydrogens (tertiary/aromatic N) is 1. The van der Waals surface area contributed by atoms with Gasteiger partial charge < -0.3 is 0 Å². The molecule has 21 heavy (non-hydrogen) atoms. The second-order valence-electron chi connectivity index (χ2n) is 8.04. The number of ketones is 1. The maximum atomic E-state index is 12.8. The molecule has 0 spiro atoms. The zero-order valence-corrected chi connectivity index (χ0v) is 12.9. The van der Waals surface area contributed by atoms with E-state index >= 15 is 0 Å². The largest absolute Gasteiger partial charge is 0.299 e. The van der Waals surface area contributed by atoms with E-state index in [1.165, 1.54) is 38.5 Å². The maximum absolute atomic E-state index is 12.8. The van der Waals surface area contributed by atoms with Gasteiger partial charge in [0, 0.05) is 12.6 Å². The van der Waals surface area contributed by atoms with E-state index in [1.807, 2.05) is 25.1 Å². The van der Waals surface area contributed by atoms with Crippen LogP contribution in [0.15, 0.2) is 24.4 Å². The number of carbonyl (C=O) groups is 1. The Kier molecular flexibility index (Phi) is 3.16. The summed E-state index contributed by atoms with van der Waals surface area (Å²) in [5, 5.41) is 0. The molecule has 1 unspecified atom stereocenters. The molecule has 1 atom stereocenters. The molecule has 0 amide bonds. The number of Topliss-reactive ketones (excluding diaryl/α,β-unsaturated/α-hetero) is 1. The number of hydrogen-bond donors (Lipinski definition) is 0. The summed E-state index contributed by atoms with van der Waals surface area (Å²) in [4.78, 5) is 17.2. The fourth-order valence-electron chi connectivity index (χ4n) is 5.83. The predicted octanol–water partition coefficient (Wildman–Crippen LogP) is 4.36. The second kappa shape index (κ2) is 4.93. The summed E-state index contributed by atoms with van der Waals surface area (Å²) in [6.07, 6.45) is 10.9. The van der Waals surface area contributed by atoms with E-state index in [-0.39, 0.29) is 5.92 Å². The van der Waals surface area contributed by atoms with Gasteiger partial charge in [-0.2, -0.15) is 0 Å². The van der Waals surface area contributed by atoms with Gasteiger partial charge in [0.2, 0.25) is 0 Å². The van der Waals surface area contributed by atoms with Crippen LogP contribution in [-0.4, -0.2) is 10.8 Å². The minimum absolute atomic E-state index is 0.0424. The molecule has 0 radical (unpaired) electrons. The van der Waals surface area contributed by atoms with E-state index in [0.29, 0.717) is 11.2 Å². The molecule has 4 aliphatic rings. The van der Waals surface area contributed by atoms with E-state index in [1.54, 1.807) is 6.20 Å². The lowest BCUT2D eigenvalue weighted by molar-refractivity contribution is -0.128. The van der Waals surface area contributed by atoms with Crippen LogP contribution in [0.2, 0.25) is 0 Å². The Morgan fingerprint density at radius 3 is 2.33 bits per heavy atom. The van der Waals surface area contributed by atoms with Crippen molar-refractivity contribution < 1.29 is 4.79 Å². The number of pyridine rings is 1. The molecule has 0 aromatic carbocycles. The fourth-order valence-corrected chi connectivity index (χ4v) is 5.83. The van der Waals surface area contributed by atoms with E-state index in [4.69, 9.17) is 0 Å². The first-order valence-corrected chi connectivity index (χ1v) is 8.57. The molecule has 4 aliphatic carbocycles. The number of aromatic nitrogens is 1. The van der Waals surface area contributed by atoms with Crippen molar-refractivity contribution in [3.63, 3.8) is 0 Å². The number of hydrogen-bond acceptors (Lipinski definition) is 2. The lowest BCUT2D eigenvalue weighted by Gasteiger charge is -2.57. The zero-order valence-electron chi connectivity index (χ0n) is 12.9. The average Bonchev–Trinajstić information content (AvgIpc) is 2.45. The summed E-state index contributed by atoms with van der Waals surface area (Å²) in [5.74, 6) is 3.15. The molecule has 1 heterocycles. The molecule has 0 N–H and O–H groups in total. The van der Waals surface area contributed by atoms with Gasteiger partial charge in [0.1, 0.15) is 5.78 Å². The zero-order chi connectivity index (χ0) is 14.4. The number of rotatable bonds is 4. The first-order valence-electron chi connectivity index (χ1n) is 8.57. The molecular formula is C19H25NO. The maximum Gasteiger partial charge on any atom is 0.142 e. The van der Waals surface area contributed by atoms with Gasteiger partial charge in [-0.15, -0.1) is 0 Å². The Morgan fingerprint density at radius 1 is 1.19 bits per heavy atom. The molecule has 2 heteroatoms. The van der Waals surface area contributed by atoms with Crippen LogP contribution in [-0.2, 0) is 4.79 Å². The van der Waals surface area contributed by atoms with Crippen LogP contribution in [0.5, 0.6) is 0 Å². The third kappa shape index (κ3) is 2.43. The van der Waals surface area contributed by atoms with E-state index in [2.05, 4.69) is 4.98 Å². The lowest BCUT2D eigenvalue weighted by Crippen LogP contribution is -2.47. The van der Waals surface area contributed by atoms with Gasteiger partial charge in [0.05, 0.1) is 11.6 Å². The molecule has 0 saturated heterocycles. The second-order valence-corrected chi connectivity index (χ2v) is 8.04. The van der Waals surface area contributed by atoms with Crippen LogP contribution < -0.4 is 0 Å². The predicted molar refractivity (Wildman–Crippen MR) is 82.9 cm³/mol. The molecular weight excluding hydrogens is 258 g/mol. The summed E-state index contributed by atoms with van der Waals surface area (Å²) in [7, 11) is 0. The van der Waals surface area contributed by atoms with Crippen molar-refractivity contribution in [3.8, 4) is 0 Å². The summed E-state index contributed by atoms with van der Waals surface area (Å²) in [6.45, 7) is 2.03. The normalized spacial score (nSPS) is 38.4. The van der Waals surface area contributed by atoms with E-state index < -0.39 is 0 Å². The molecule has 1 aromatic rings.